The number of sulfonamides is 1. The molecule has 7 nitrogen and oxygen atoms in total. The Kier molecular flexibility index (Phi) is 7.24. The van der Waals surface area contributed by atoms with Crippen molar-refractivity contribution in [3.8, 4) is 0 Å². The fourth-order valence-electron chi connectivity index (χ4n) is 3.41. The third-order valence-corrected chi connectivity index (χ3v) is 6.13. The molecule has 2 amide bonds. The molecule has 27 heavy (non-hydrogen) atoms. The summed E-state index contributed by atoms with van der Waals surface area (Å²) in [5.74, 6) is -0.0822. The number of benzene rings is 1. The monoisotopic (exact) mass is 395 g/mol. The molecular weight excluding hydrogens is 366 g/mol. The van der Waals surface area contributed by atoms with E-state index in [-0.39, 0.29) is 18.9 Å². The van der Waals surface area contributed by atoms with Gasteiger partial charge in [0.15, 0.2) is 0 Å². The van der Waals surface area contributed by atoms with Gasteiger partial charge in [0.1, 0.15) is 0 Å². The molecule has 2 rings (SSSR count). The summed E-state index contributed by atoms with van der Waals surface area (Å²) in [6.45, 7) is 6.13. The van der Waals surface area contributed by atoms with Crippen LogP contribution in [0, 0.1) is 0 Å². The summed E-state index contributed by atoms with van der Waals surface area (Å²) in [4.78, 5) is 26.7. The smallest absolute Gasteiger partial charge is 0.232 e. The fraction of sp³-hybridized carbons (Fsp3) is 0.579. The van der Waals surface area contributed by atoms with Crippen molar-refractivity contribution in [3.05, 3.63) is 29.3 Å². The molecule has 1 fully saturated rings. The van der Waals surface area contributed by atoms with Crippen molar-refractivity contribution in [2.45, 2.75) is 33.1 Å². The van der Waals surface area contributed by atoms with Crippen LogP contribution in [-0.4, -0.2) is 69.5 Å². The average Bonchev–Trinajstić information content (AvgIpc) is 2.66. The molecule has 1 aliphatic heterocycles. The number of carbonyl (C=O) groups excluding carboxylic acids is 2. The van der Waals surface area contributed by atoms with Gasteiger partial charge in [-0.15, -0.1) is 0 Å². The Morgan fingerprint density at radius 3 is 2.11 bits per heavy atom. The van der Waals surface area contributed by atoms with Gasteiger partial charge in [-0.25, -0.2) is 8.42 Å². The number of aryl methyl sites for hydroxylation is 2. The van der Waals surface area contributed by atoms with E-state index in [0.29, 0.717) is 31.9 Å². The van der Waals surface area contributed by atoms with Gasteiger partial charge in [-0.2, -0.15) is 0 Å². The van der Waals surface area contributed by atoms with Crippen molar-refractivity contribution in [2.75, 3.05) is 43.3 Å². The molecule has 0 saturated carbocycles. The summed E-state index contributed by atoms with van der Waals surface area (Å²) in [7, 11) is -3.51. The third-order valence-electron chi connectivity index (χ3n) is 4.96. The molecule has 150 valence electrons. The van der Waals surface area contributed by atoms with Crippen LogP contribution in [0.3, 0.4) is 0 Å². The molecule has 0 unspecified atom stereocenters. The SMILES string of the molecule is CCc1cccc(CC)c1N(CCC(=O)N1CCN(C=O)CC1)S(C)(=O)=O. The molecule has 1 heterocycles. The zero-order valence-corrected chi connectivity index (χ0v) is 17.2. The minimum absolute atomic E-state index is 0.0822. The number of hydrogen-bond donors (Lipinski definition) is 0. The fourth-order valence-corrected chi connectivity index (χ4v) is 4.40. The number of para-hydroxylation sites is 1. The molecule has 0 bridgehead atoms. The number of hydrogen-bond acceptors (Lipinski definition) is 4. The lowest BCUT2D eigenvalue weighted by Gasteiger charge is -2.33. The number of piperazine rings is 1. The Balaban J connectivity index is 2.18. The van der Waals surface area contributed by atoms with Crippen molar-refractivity contribution < 1.29 is 18.0 Å². The summed E-state index contributed by atoms with van der Waals surface area (Å²) in [6, 6.07) is 5.82. The molecule has 0 aromatic heterocycles. The van der Waals surface area contributed by atoms with Crippen LogP contribution in [0.5, 0.6) is 0 Å². The van der Waals surface area contributed by atoms with Gasteiger partial charge in [0.25, 0.3) is 0 Å². The molecule has 0 radical (unpaired) electrons. The number of anilines is 1. The number of amides is 2. The van der Waals surface area contributed by atoms with Gasteiger partial charge < -0.3 is 9.80 Å². The molecule has 1 saturated heterocycles. The summed E-state index contributed by atoms with van der Waals surface area (Å²) >= 11 is 0. The highest BCUT2D eigenvalue weighted by Crippen LogP contribution is 2.29. The molecule has 0 aliphatic carbocycles. The molecule has 0 N–H and O–H groups in total. The van der Waals surface area contributed by atoms with E-state index in [4.69, 9.17) is 0 Å². The first-order chi connectivity index (χ1) is 12.8. The maximum atomic E-state index is 12.6. The topological polar surface area (TPSA) is 78.0 Å². The molecule has 1 aliphatic rings. The largest absolute Gasteiger partial charge is 0.342 e. The Morgan fingerprint density at radius 1 is 1.11 bits per heavy atom. The molecule has 1 aromatic carbocycles. The van der Waals surface area contributed by atoms with Gasteiger partial charge >= 0.3 is 0 Å². The Bertz CT molecular complexity index is 749. The summed E-state index contributed by atoms with van der Waals surface area (Å²) in [5.41, 5.74) is 2.64. The second kappa shape index (κ2) is 9.21. The van der Waals surface area contributed by atoms with E-state index in [2.05, 4.69) is 0 Å². The van der Waals surface area contributed by atoms with Crippen LogP contribution >= 0.6 is 0 Å². The lowest BCUT2D eigenvalue weighted by atomic mass is 10.0. The second-order valence-electron chi connectivity index (χ2n) is 6.74. The van der Waals surface area contributed by atoms with Gasteiger partial charge in [0.2, 0.25) is 22.3 Å². The van der Waals surface area contributed by atoms with E-state index in [0.717, 1.165) is 30.4 Å². The normalized spacial score (nSPS) is 14.9. The Morgan fingerprint density at radius 2 is 1.67 bits per heavy atom. The van der Waals surface area contributed by atoms with E-state index >= 15 is 0 Å². The van der Waals surface area contributed by atoms with Crippen LogP contribution in [0.15, 0.2) is 18.2 Å². The highest BCUT2D eigenvalue weighted by Gasteiger charge is 2.25. The predicted octanol–water partition coefficient (Wildman–Crippen LogP) is 1.27. The van der Waals surface area contributed by atoms with Crippen LogP contribution in [0.2, 0.25) is 0 Å². The standard InChI is InChI=1S/C19H29N3O4S/c1-4-16-7-6-8-17(5-2)19(16)22(27(3,25)26)10-9-18(24)21-13-11-20(15-23)12-14-21/h6-8,15H,4-5,9-14H2,1-3H3. The van der Waals surface area contributed by atoms with Crippen molar-refractivity contribution in [3.63, 3.8) is 0 Å². The minimum Gasteiger partial charge on any atom is -0.342 e. The van der Waals surface area contributed by atoms with Gasteiger partial charge in [0, 0.05) is 39.1 Å². The lowest BCUT2D eigenvalue weighted by Crippen LogP contribution is -2.48. The Labute approximate surface area is 162 Å². The highest BCUT2D eigenvalue weighted by atomic mass is 32.2. The molecule has 0 atom stereocenters. The van der Waals surface area contributed by atoms with Gasteiger partial charge in [0.05, 0.1) is 11.9 Å². The van der Waals surface area contributed by atoms with Crippen LogP contribution in [0.25, 0.3) is 0 Å². The van der Waals surface area contributed by atoms with Crippen molar-refractivity contribution in [1.82, 2.24) is 9.80 Å². The number of carbonyl (C=O) groups is 2. The van der Waals surface area contributed by atoms with E-state index < -0.39 is 10.0 Å². The molecule has 8 heteroatoms. The van der Waals surface area contributed by atoms with Crippen LogP contribution in [-0.2, 0) is 32.5 Å². The summed E-state index contributed by atoms with van der Waals surface area (Å²) in [5, 5.41) is 0. The minimum atomic E-state index is -3.51. The van der Waals surface area contributed by atoms with Crippen molar-refractivity contribution in [1.29, 1.82) is 0 Å². The second-order valence-corrected chi connectivity index (χ2v) is 8.65. The van der Waals surface area contributed by atoms with Crippen LogP contribution in [0.1, 0.15) is 31.4 Å². The predicted molar refractivity (Wildman–Crippen MR) is 106 cm³/mol. The lowest BCUT2D eigenvalue weighted by molar-refractivity contribution is -0.134. The zero-order valence-electron chi connectivity index (χ0n) is 16.3. The van der Waals surface area contributed by atoms with Gasteiger partial charge in [-0.3, -0.25) is 13.9 Å². The summed E-state index contributed by atoms with van der Waals surface area (Å²) < 4.78 is 26.4. The summed E-state index contributed by atoms with van der Waals surface area (Å²) in [6.07, 6.45) is 3.54. The first kappa shape index (κ1) is 21.2. The molecular formula is C19H29N3O4S. The van der Waals surface area contributed by atoms with E-state index in [1.165, 1.54) is 10.6 Å². The van der Waals surface area contributed by atoms with Crippen LogP contribution < -0.4 is 4.31 Å². The van der Waals surface area contributed by atoms with E-state index in [1.54, 1.807) is 9.80 Å². The van der Waals surface area contributed by atoms with Crippen molar-refractivity contribution in [2.24, 2.45) is 0 Å². The maximum absolute atomic E-state index is 12.6. The quantitative estimate of drug-likeness (QED) is 0.621. The average molecular weight is 396 g/mol. The van der Waals surface area contributed by atoms with Gasteiger partial charge in [-0.05, 0) is 24.0 Å². The van der Waals surface area contributed by atoms with Crippen molar-refractivity contribution >= 4 is 28.0 Å². The van der Waals surface area contributed by atoms with Crippen LogP contribution in [0.4, 0.5) is 5.69 Å². The number of rotatable bonds is 8. The van der Waals surface area contributed by atoms with E-state index in [1.807, 2.05) is 32.0 Å². The maximum Gasteiger partial charge on any atom is 0.232 e. The molecule has 1 aromatic rings. The molecule has 0 spiro atoms. The van der Waals surface area contributed by atoms with E-state index in [9.17, 15) is 18.0 Å². The first-order valence-electron chi connectivity index (χ1n) is 9.37. The Hall–Kier alpha value is -2.09. The number of nitrogens with zero attached hydrogens (tertiary/aromatic N) is 3. The van der Waals surface area contributed by atoms with Gasteiger partial charge in [-0.1, -0.05) is 32.0 Å². The highest BCUT2D eigenvalue weighted by molar-refractivity contribution is 7.92. The third kappa shape index (κ3) is 5.22. The zero-order chi connectivity index (χ0) is 20.0. The first-order valence-corrected chi connectivity index (χ1v) is 11.2.